The SMILES string of the molecule is Cc1cc(C(=O)c2cc(C)c(Cl)c(Cl)c2Cl)c(Cl)c(Cl)c1Cl. The van der Waals surface area contributed by atoms with Gasteiger partial charge < -0.3 is 0 Å². The van der Waals surface area contributed by atoms with Crippen LogP contribution in [0.15, 0.2) is 12.1 Å². The average molecular weight is 417 g/mol. The summed E-state index contributed by atoms with van der Waals surface area (Å²) >= 11 is 36.4. The standard InChI is InChI=1S/C15H8Cl6O/c1-5-3-7(11(18)13(20)9(5)16)15(22)8-4-6(2)10(17)14(21)12(8)19/h3-4H,1-2H3. The largest absolute Gasteiger partial charge is 0.288 e. The predicted molar refractivity (Wildman–Crippen MR) is 95.9 cm³/mol. The lowest BCUT2D eigenvalue weighted by Crippen LogP contribution is -2.05. The molecule has 2 rings (SSSR count). The maximum atomic E-state index is 12.7. The quantitative estimate of drug-likeness (QED) is 0.367. The lowest BCUT2D eigenvalue weighted by molar-refractivity contribution is 0.103. The molecule has 0 saturated carbocycles. The number of benzene rings is 2. The first-order chi connectivity index (χ1) is 10.2. The van der Waals surface area contributed by atoms with Crippen LogP contribution in [0.1, 0.15) is 27.0 Å². The van der Waals surface area contributed by atoms with Crippen molar-refractivity contribution in [2.45, 2.75) is 13.8 Å². The number of ketones is 1. The molecule has 0 aliphatic carbocycles. The van der Waals surface area contributed by atoms with E-state index < -0.39 is 5.78 Å². The molecule has 2 aromatic carbocycles. The van der Waals surface area contributed by atoms with Crippen molar-refractivity contribution >= 4 is 75.4 Å². The molecule has 0 unspecified atom stereocenters. The highest BCUT2D eigenvalue weighted by molar-refractivity contribution is 6.51. The van der Waals surface area contributed by atoms with E-state index in [-0.39, 0.29) is 31.2 Å². The van der Waals surface area contributed by atoms with Crippen molar-refractivity contribution in [3.05, 3.63) is 64.5 Å². The zero-order valence-corrected chi connectivity index (χ0v) is 15.9. The van der Waals surface area contributed by atoms with E-state index in [9.17, 15) is 4.79 Å². The third kappa shape index (κ3) is 3.08. The van der Waals surface area contributed by atoms with Gasteiger partial charge in [0.05, 0.1) is 30.1 Å². The van der Waals surface area contributed by atoms with Gasteiger partial charge in [-0.05, 0) is 37.1 Å². The van der Waals surface area contributed by atoms with E-state index in [0.717, 1.165) is 0 Å². The van der Waals surface area contributed by atoms with Crippen LogP contribution in [-0.2, 0) is 0 Å². The second-order valence-corrected chi connectivity index (χ2v) is 6.96. The van der Waals surface area contributed by atoms with Crippen molar-refractivity contribution in [2.24, 2.45) is 0 Å². The van der Waals surface area contributed by atoms with E-state index in [1.165, 1.54) is 0 Å². The predicted octanol–water partition coefficient (Wildman–Crippen LogP) is 7.45. The number of rotatable bonds is 2. The summed E-state index contributed by atoms with van der Waals surface area (Å²) < 4.78 is 0. The van der Waals surface area contributed by atoms with Crippen LogP contribution in [0.4, 0.5) is 0 Å². The fourth-order valence-electron chi connectivity index (χ4n) is 1.94. The smallest absolute Gasteiger partial charge is 0.196 e. The van der Waals surface area contributed by atoms with Crippen molar-refractivity contribution in [2.75, 3.05) is 0 Å². The van der Waals surface area contributed by atoms with Gasteiger partial charge in [-0.15, -0.1) is 0 Å². The van der Waals surface area contributed by atoms with Gasteiger partial charge in [0.1, 0.15) is 0 Å². The first kappa shape index (κ1) is 18.2. The number of hydrogen-bond acceptors (Lipinski definition) is 1. The van der Waals surface area contributed by atoms with Crippen molar-refractivity contribution in [3.8, 4) is 0 Å². The molecule has 1 nitrogen and oxygen atoms in total. The Labute approximate surface area is 158 Å². The van der Waals surface area contributed by atoms with Crippen molar-refractivity contribution < 1.29 is 4.79 Å². The molecule has 0 N–H and O–H groups in total. The zero-order valence-electron chi connectivity index (χ0n) is 11.3. The summed E-state index contributed by atoms with van der Waals surface area (Å²) in [6.07, 6.45) is 0. The molecule has 7 heteroatoms. The molecule has 0 radical (unpaired) electrons. The van der Waals surface area contributed by atoms with Gasteiger partial charge in [0.15, 0.2) is 5.78 Å². The maximum Gasteiger partial charge on any atom is 0.196 e. The minimum Gasteiger partial charge on any atom is -0.288 e. The second-order valence-electron chi connectivity index (χ2n) is 4.70. The highest BCUT2D eigenvalue weighted by Gasteiger charge is 2.23. The lowest BCUT2D eigenvalue weighted by Gasteiger charge is -2.12. The highest BCUT2D eigenvalue weighted by atomic mass is 35.5. The Bertz CT molecular complexity index is 732. The summed E-state index contributed by atoms with van der Waals surface area (Å²) in [4.78, 5) is 12.7. The van der Waals surface area contributed by atoms with Gasteiger partial charge in [-0.2, -0.15) is 0 Å². The van der Waals surface area contributed by atoms with Crippen LogP contribution >= 0.6 is 69.6 Å². The monoisotopic (exact) mass is 414 g/mol. The van der Waals surface area contributed by atoms with Gasteiger partial charge in [0.25, 0.3) is 0 Å². The normalized spacial score (nSPS) is 10.9. The Morgan fingerprint density at radius 1 is 0.636 bits per heavy atom. The highest BCUT2D eigenvalue weighted by Crippen LogP contribution is 2.40. The van der Waals surface area contributed by atoms with Gasteiger partial charge in [0.2, 0.25) is 0 Å². The molecule has 0 aliphatic heterocycles. The summed E-state index contributed by atoms with van der Waals surface area (Å²) in [6.45, 7) is 3.45. The summed E-state index contributed by atoms with van der Waals surface area (Å²) in [6, 6.07) is 3.13. The second kappa shape index (κ2) is 6.76. The molecule has 0 fully saturated rings. The molecular formula is C15H8Cl6O. The molecular weight excluding hydrogens is 409 g/mol. The Morgan fingerprint density at radius 2 is 0.955 bits per heavy atom. The zero-order chi connectivity index (χ0) is 16.8. The Kier molecular flexibility index (Phi) is 5.59. The van der Waals surface area contributed by atoms with Gasteiger partial charge in [-0.25, -0.2) is 0 Å². The topological polar surface area (TPSA) is 17.1 Å². The minimum absolute atomic E-state index is 0.0714. The molecule has 0 aromatic heterocycles. The van der Waals surface area contributed by atoms with Crippen LogP contribution in [-0.4, -0.2) is 5.78 Å². The molecule has 0 heterocycles. The van der Waals surface area contributed by atoms with E-state index >= 15 is 0 Å². The van der Waals surface area contributed by atoms with E-state index in [0.29, 0.717) is 21.2 Å². The molecule has 0 spiro atoms. The van der Waals surface area contributed by atoms with Crippen LogP contribution in [0.2, 0.25) is 30.1 Å². The summed E-state index contributed by atoms with van der Waals surface area (Å²) in [5.41, 5.74) is 1.67. The number of carbonyl (C=O) groups excluding carboxylic acids is 1. The van der Waals surface area contributed by atoms with Gasteiger partial charge >= 0.3 is 0 Å². The number of aryl methyl sites for hydroxylation is 2. The Morgan fingerprint density at radius 3 is 1.27 bits per heavy atom. The van der Waals surface area contributed by atoms with Crippen LogP contribution < -0.4 is 0 Å². The maximum absolute atomic E-state index is 12.7. The van der Waals surface area contributed by atoms with Gasteiger partial charge in [0, 0.05) is 11.1 Å². The fraction of sp³-hybridized carbons (Fsp3) is 0.133. The summed E-state index contributed by atoms with van der Waals surface area (Å²) in [7, 11) is 0. The van der Waals surface area contributed by atoms with E-state index in [4.69, 9.17) is 69.6 Å². The number of hydrogen-bond donors (Lipinski definition) is 0. The summed E-state index contributed by atoms with van der Waals surface area (Å²) in [5, 5.41) is 1.00. The average Bonchev–Trinajstić information content (AvgIpc) is 2.49. The van der Waals surface area contributed by atoms with Gasteiger partial charge in [-0.3, -0.25) is 4.79 Å². The van der Waals surface area contributed by atoms with Crippen molar-refractivity contribution in [1.82, 2.24) is 0 Å². The molecule has 22 heavy (non-hydrogen) atoms. The Balaban J connectivity index is 2.69. The third-order valence-corrected chi connectivity index (χ3v) is 6.05. The van der Waals surface area contributed by atoms with Gasteiger partial charge in [-0.1, -0.05) is 69.6 Å². The van der Waals surface area contributed by atoms with E-state index in [2.05, 4.69) is 0 Å². The van der Waals surface area contributed by atoms with Crippen molar-refractivity contribution in [3.63, 3.8) is 0 Å². The first-order valence-electron chi connectivity index (χ1n) is 5.99. The lowest BCUT2D eigenvalue weighted by atomic mass is 10.00. The third-order valence-electron chi connectivity index (χ3n) is 3.15. The van der Waals surface area contributed by atoms with Crippen LogP contribution in [0.3, 0.4) is 0 Å². The molecule has 116 valence electrons. The van der Waals surface area contributed by atoms with E-state index in [1.54, 1.807) is 26.0 Å². The Hall–Kier alpha value is -0.150. The molecule has 0 aliphatic rings. The minimum atomic E-state index is -0.404. The van der Waals surface area contributed by atoms with E-state index in [1.807, 2.05) is 0 Å². The molecule has 0 amide bonds. The summed E-state index contributed by atoms with van der Waals surface area (Å²) in [5.74, 6) is -0.404. The van der Waals surface area contributed by atoms with Crippen LogP contribution in [0.25, 0.3) is 0 Å². The molecule has 0 bridgehead atoms. The number of carbonyl (C=O) groups is 1. The van der Waals surface area contributed by atoms with Crippen LogP contribution in [0.5, 0.6) is 0 Å². The van der Waals surface area contributed by atoms with Crippen molar-refractivity contribution in [1.29, 1.82) is 0 Å². The molecule has 0 atom stereocenters. The van der Waals surface area contributed by atoms with Crippen LogP contribution in [0, 0.1) is 13.8 Å². The number of halogens is 6. The first-order valence-corrected chi connectivity index (χ1v) is 8.26. The fourth-order valence-corrected chi connectivity index (χ4v) is 3.30. The molecule has 2 aromatic rings. The molecule has 0 saturated heterocycles.